The minimum atomic E-state index is 0.847. The van der Waals surface area contributed by atoms with E-state index >= 15 is 0 Å². The fraction of sp³-hybridized carbons (Fsp3) is 0.720. The van der Waals surface area contributed by atoms with E-state index in [1.807, 2.05) is 0 Å². The van der Waals surface area contributed by atoms with Crippen molar-refractivity contribution in [3.05, 3.63) is 24.0 Å². The van der Waals surface area contributed by atoms with Crippen molar-refractivity contribution in [2.45, 2.75) is 76.4 Å². The summed E-state index contributed by atoms with van der Waals surface area (Å²) in [5, 5.41) is 0. The van der Waals surface area contributed by atoms with Crippen molar-refractivity contribution in [3.63, 3.8) is 0 Å². The highest BCUT2D eigenvalue weighted by molar-refractivity contribution is 5.80. The van der Waals surface area contributed by atoms with E-state index in [2.05, 4.69) is 37.5 Å². The first-order valence-corrected chi connectivity index (χ1v) is 12.6. The average Bonchev–Trinajstić information content (AvgIpc) is 2.99. The molecule has 162 valence electrons. The molecule has 5 nitrogen and oxygen atoms in total. The molecule has 0 atom stereocenters. The van der Waals surface area contributed by atoms with Gasteiger partial charge >= 0.3 is 0 Å². The summed E-state index contributed by atoms with van der Waals surface area (Å²) in [7, 11) is 0. The van der Waals surface area contributed by atoms with E-state index in [-0.39, 0.29) is 0 Å². The van der Waals surface area contributed by atoms with Crippen LogP contribution in [0.2, 0.25) is 0 Å². The van der Waals surface area contributed by atoms with Crippen LogP contribution in [-0.4, -0.2) is 70.7 Å². The second-order valence-electron chi connectivity index (χ2n) is 10.0. The Kier molecular flexibility index (Phi) is 5.20. The largest absolute Gasteiger partial charge is 0.369 e. The molecule has 1 saturated heterocycles. The molecule has 3 heterocycles. The zero-order valence-corrected chi connectivity index (χ0v) is 18.4. The molecule has 4 aliphatic rings. The fourth-order valence-electron chi connectivity index (χ4n) is 6.30. The van der Waals surface area contributed by atoms with Crippen LogP contribution in [0, 0.1) is 0 Å². The smallest absolute Gasteiger partial charge is 0.111 e. The minimum Gasteiger partial charge on any atom is -0.369 e. The van der Waals surface area contributed by atoms with Crippen LogP contribution < -0.4 is 4.90 Å². The summed E-state index contributed by atoms with van der Waals surface area (Å²) in [4.78, 5) is 13.2. The number of hydrogen-bond acceptors (Lipinski definition) is 4. The highest BCUT2D eigenvalue weighted by atomic mass is 15.3. The van der Waals surface area contributed by atoms with Gasteiger partial charge in [-0.3, -0.25) is 9.80 Å². The van der Waals surface area contributed by atoms with Crippen LogP contribution in [0.1, 0.15) is 57.2 Å². The monoisotopic (exact) mass is 407 g/mol. The van der Waals surface area contributed by atoms with Gasteiger partial charge in [-0.2, -0.15) is 0 Å². The molecule has 0 spiro atoms. The summed E-state index contributed by atoms with van der Waals surface area (Å²) < 4.78 is 2.50. The Hall–Kier alpha value is -1.59. The second kappa shape index (κ2) is 8.16. The van der Waals surface area contributed by atoms with Crippen molar-refractivity contribution < 1.29 is 0 Å². The summed E-state index contributed by atoms with van der Waals surface area (Å²) in [6.07, 6.45) is 12.5. The normalized spacial score (nSPS) is 25.3. The van der Waals surface area contributed by atoms with Gasteiger partial charge in [-0.1, -0.05) is 25.7 Å². The number of fused-ring (bicyclic) bond motifs is 3. The van der Waals surface area contributed by atoms with Crippen LogP contribution in [0.4, 0.5) is 5.69 Å². The number of rotatable bonds is 3. The standard InChI is InChI=1S/C25H37N5/c1-2-5-20(6-3-1)28-13-15-29(16-14-28)22-9-10-24-23(19-22)26-25-11-12-27(17-18-30(24)25)21-7-4-8-21/h9-10,19-21H,1-8,11-18H2. The Morgan fingerprint density at radius 2 is 1.40 bits per heavy atom. The Labute approximate surface area is 181 Å². The van der Waals surface area contributed by atoms with Gasteiger partial charge < -0.3 is 9.47 Å². The molecule has 1 aromatic heterocycles. The molecule has 3 fully saturated rings. The summed E-state index contributed by atoms with van der Waals surface area (Å²) in [5.74, 6) is 1.30. The molecule has 0 amide bonds. The number of nitrogens with zero attached hydrogens (tertiary/aromatic N) is 5. The van der Waals surface area contributed by atoms with Crippen molar-refractivity contribution in [1.29, 1.82) is 0 Å². The number of imidazole rings is 1. The van der Waals surface area contributed by atoms with E-state index in [0.717, 1.165) is 38.1 Å². The number of anilines is 1. The topological polar surface area (TPSA) is 27.5 Å². The maximum absolute atomic E-state index is 5.09. The lowest BCUT2D eigenvalue weighted by molar-refractivity contribution is 0.130. The first-order valence-electron chi connectivity index (χ1n) is 12.6. The predicted octanol–water partition coefficient (Wildman–Crippen LogP) is 3.90. The predicted molar refractivity (Wildman–Crippen MR) is 123 cm³/mol. The lowest BCUT2D eigenvalue weighted by Crippen LogP contribution is -2.50. The second-order valence-corrected chi connectivity index (χ2v) is 10.0. The van der Waals surface area contributed by atoms with Crippen LogP contribution in [0.25, 0.3) is 11.0 Å². The zero-order chi connectivity index (χ0) is 19.9. The van der Waals surface area contributed by atoms with Gasteiger partial charge in [0.05, 0.1) is 11.0 Å². The Morgan fingerprint density at radius 3 is 2.13 bits per heavy atom. The van der Waals surface area contributed by atoms with Gasteiger partial charge in [0.1, 0.15) is 5.82 Å². The Balaban J connectivity index is 1.14. The van der Waals surface area contributed by atoms with Crippen LogP contribution in [-0.2, 0) is 13.0 Å². The third-order valence-corrected chi connectivity index (χ3v) is 8.41. The maximum atomic E-state index is 5.09. The van der Waals surface area contributed by atoms with Gasteiger partial charge in [0, 0.05) is 70.0 Å². The van der Waals surface area contributed by atoms with Crippen LogP contribution in [0.15, 0.2) is 18.2 Å². The molecule has 0 radical (unpaired) electrons. The van der Waals surface area contributed by atoms with Gasteiger partial charge in [0.15, 0.2) is 0 Å². The first kappa shape index (κ1) is 19.1. The third kappa shape index (κ3) is 3.54. The first-order chi connectivity index (χ1) is 14.8. The lowest BCUT2D eigenvalue weighted by Gasteiger charge is -2.41. The average molecular weight is 408 g/mol. The number of hydrogen-bond donors (Lipinski definition) is 0. The highest BCUT2D eigenvalue weighted by Gasteiger charge is 2.28. The summed E-state index contributed by atoms with van der Waals surface area (Å²) >= 11 is 0. The summed E-state index contributed by atoms with van der Waals surface area (Å²) in [5.41, 5.74) is 3.91. The SMILES string of the molecule is c1cc2c(cc1N1CCN(C3CCCCC3)CC1)nc1n2CCN(C2CCC2)CC1. The third-order valence-electron chi connectivity index (χ3n) is 8.41. The Morgan fingerprint density at radius 1 is 0.700 bits per heavy atom. The van der Waals surface area contributed by atoms with E-state index in [9.17, 15) is 0 Å². The minimum absolute atomic E-state index is 0.847. The molecule has 2 saturated carbocycles. The van der Waals surface area contributed by atoms with Crippen LogP contribution >= 0.6 is 0 Å². The van der Waals surface area contributed by atoms with Crippen molar-refractivity contribution in [2.75, 3.05) is 44.2 Å². The number of piperazine rings is 1. The molecule has 0 bridgehead atoms. The van der Waals surface area contributed by atoms with Gasteiger partial charge in [0.2, 0.25) is 0 Å². The van der Waals surface area contributed by atoms with Gasteiger partial charge in [-0.15, -0.1) is 0 Å². The molecule has 1 aromatic carbocycles. The molecular weight excluding hydrogens is 370 g/mol. The van der Waals surface area contributed by atoms with Crippen LogP contribution in [0.5, 0.6) is 0 Å². The molecule has 0 N–H and O–H groups in total. The van der Waals surface area contributed by atoms with E-state index < -0.39 is 0 Å². The molecule has 2 aromatic rings. The Bertz CT molecular complexity index is 871. The number of aromatic nitrogens is 2. The van der Waals surface area contributed by atoms with E-state index in [1.165, 1.54) is 100 Å². The molecule has 5 heteroatoms. The van der Waals surface area contributed by atoms with Crippen molar-refractivity contribution >= 4 is 16.7 Å². The highest BCUT2D eigenvalue weighted by Crippen LogP contribution is 2.29. The molecule has 0 unspecified atom stereocenters. The molecule has 2 aliphatic heterocycles. The lowest BCUT2D eigenvalue weighted by atomic mass is 9.91. The van der Waals surface area contributed by atoms with E-state index in [4.69, 9.17) is 4.98 Å². The zero-order valence-electron chi connectivity index (χ0n) is 18.4. The molecule has 30 heavy (non-hydrogen) atoms. The van der Waals surface area contributed by atoms with Gasteiger partial charge in [-0.25, -0.2) is 4.98 Å². The van der Waals surface area contributed by atoms with Crippen molar-refractivity contribution in [3.8, 4) is 0 Å². The maximum Gasteiger partial charge on any atom is 0.111 e. The van der Waals surface area contributed by atoms with Crippen molar-refractivity contribution in [2.24, 2.45) is 0 Å². The quantitative estimate of drug-likeness (QED) is 0.771. The van der Waals surface area contributed by atoms with Gasteiger partial charge in [-0.05, 0) is 43.9 Å². The molecule has 6 rings (SSSR count). The fourth-order valence-corrected chi connectivity index (χ4v) is 6.30. The van der Waals surface area contributed by atoms with E-state index in [0.29, 0.717) is 0 Å². The molecule has 2 aliphatic carbocycles. The van der Waals surface area contributed by atoms with Gasteiger partial charge in [0.25, 0.3) is 0 Å². The van der Waals surface area contributed by atoms with E-state index in [1.54, 1.807) is 0 Å². The number of benzene rings is 1. The molecular formula is C25H37N5. The van der Waals surface area contributed by atoms with Crippen LogP contribution in [0.3, 0.4) is 0 Å². The summed E-state index contributed by atoms with van der Waals surface area (Å²) in [6, 6.07) is 8.75. The van der Waals surface area contributed by atoms with Crippen molar-refractivity contribution in [1.82, 2.24) is 19.4 Å². The summed E-state index contributed by atoms with van der Waals surface area (Å²) in [6.45, 7) is 8.23.